The molecule has 2 rings (SSSR count). The third-order valence-electron chi connectivity index (χ3n) is 3.83. The predicted octanol–water partition coefficient (Wildman–Crippen LogP) is 2.42. The molecule has 1 aromatic carbocycles. The summed E-state index contributed by atoms with van der Waals surface area (Å²) in [7, 11) is -3.26. The fraction of sp³-hybridized carbons (Fsp3) is 0.533. The van der Waals surface area contributed by atoms with E-state index in [1.807, 2.05) is 24.3 Å². The first-order valence-corrected chi connectivity index (χ1v) is 8.66. The third-order valence-corrected chi connectivity index (χ3v) is 5.65. The molecule has 0 heterocycles. The van der Waals surface area contributed by atoms with Crippen molar-refractivity contribution in [1.82, 2.24) is 0 Å². The minimum atomic E-state index is -3.26. The molecule has 1 aliphatic carbocycles. The molecule has 110 valence electrons. The molecular formula is C15H20O4S. The van der Waals surface area contributed by atoms with Crippen molar-refractivity contribution in [2.45, 2.75) is 38.4 Å². The maximum atomic E-state index is 12.2. The minimum Gasteiger partial charge on any atom is -0.481 e. The second-order valence-corrected chi connectivity index (χ2v) is 7.84. The van der Waals surface area contributed by atoms with E-state index in [-0.39, 0.29) is 17.9 Å². The number of sulfone groups is 1. The average Bonchev–Trinajstić information content (AvgIpc) is 3.06. The molecule has 0 saturated heterocycles. The Morgan fingerprint density at radius 3 is 2.20 bits per heavy atom. The Morgan fingerprint density at radius 2 is 1.75 bits per heavy atom. The normalized spacial score (nSPS) is 16.9. The zero-order valence-corrected chi connectivity index (χ0v) is 12.4. The van der Waals surface area contributed by atoms with Gasteiger partial charge in [0.25, 0.3) is 0 Å². The highest BCUT2D eigenvalue weighted by molar-refractivity contribution is 7.90. The molecule has 0 bridgehead atoms. The summed E-state index contributed by atoms with van der Waals surface area (Å²) >= 11 is 0. The fourth-order valence-corrected chi connectivity index (χ4v) is 4.64. The fourth-order valence-electron chi connectivity index (χ4n) is 2.51. The van der Waals surface area contributed by atoms with Crippen LogP contribution >= 0.6 is 0 Å². The van der Waals surface area contributed by atoms with Crippen molar-refractivity contribution in [3.05, 3.63) is 35.4 Å². The van der Waals surface area contributed by atoms with Gasteiger partial charge in [0.05, 0.1) is 17.9 Å². The first-order valence-electron chi connectivity index (χ1n) is 6.84. The molecule has 0 atom stereocenters. The van der Waals surface area contributed by atoms with E-state index >= 15 is 0 Å². The maximum Gasteiger partial charge on any atom is 0.303 e. The third kappa shape index (κ3) is 4.07. The highest BCUT2D eigenvalue weighted by atomic mass is 32.2. The number of carbonyl (C=O) groups is 1. The lowest BCUT2D eigenvalue weighted by molar-refractivity contribution is -0.138. The summed E-state index contributed by atoms with van der Waals surface area (Å²) in [5.41, 5.74) is 1.44. The molecule has 0 radical (unpaired) electrons. The van der Waals surface area contributed by atoms with Gasteiger partial charge in [-0.05, 0) is 35.8 Å². The second kappa shape index (κ2) is 5.56. The average molecular weight is 296 g/mol. The molecule has 0 spiro atoms. The van der Waals surface area contributed by atoms with Gasteiger partial charge >= 0.3 is 5.97 Å². The van der Waals surface area contributed by atoms with Crippen molar-refractivity contribution in [2.24, 2.45) is 5.41 Å². The number of hydrogen-bond acceptors (Lipinski definition) is 3. The van der Waals surface area contributed by atoms with Gasteiger partial charge in [-0.25, -0.2) is 8.42 Å². The molecule has 0 aromatic heterocycles. The largest absolute Gasteiger partial charge is 0.481 e. The van der Waals surface area contributed by atoms with Crippen LogP contribution in [0.1, 0.15) is 37.3 Å². The second-order valence-electron chi connectivity index (χ2n) is 5.77. The summed E-state index contributed by atoms with van der Waals surface area (Å²) in [5, 5.41) is 8.84. The van der Waals surface area contributed by atoms with Gasteiger partial charge in [-0.1, -0.05) is 31.2 Å². The first-order chi connectivity index (χ1) is 9.34. The lowest BCUT2D eigenvalue weighted by Gasteiger charge is -2.13. The smallest absolute Gasteiger partial charge is 0.303 e. The van der Waals surface area contributed by atoms with Crippen LogP contribution in [0, 0.1) is 5.41 Å². The van der Waals surface area contributed by atoms with E-state index in [1.54, 1.807) is 0 Å². The van der Waals surface area contributed by atoms with E-state index < -0.39 is 21.2 Å². The van der Waals surface area contributed by atoms with Crippen molar-refractivity contribution >= 4 is 15.8 Å². The summed E-state index contributed by atoms with van der Waals surface area (Å²) in [6.45, 7) is 2.05. The maximum absolute atomic E-state index is 12.2. The first kappa shape index (κ1) is 15.0. The molecule has 1 N–H and O–H groups in total. The Bertz CT molecular complexity index is 583. The quantitative estimate of drug-likeness (QED) is 0.838. The summed E-state index contributed by atoms with van der Waals surface area (Å²) in [6.07, 6.45) is 2.29. The summed E-state index contributed by atoms with van der Waals surface area (Å²) < 4.78 is 24.4. The number of carboxylic acid groups (broad SMARTS) is 1. The zero-order valence-electron chi connectivity index (χ0n) is 11.6. The lowest BCUT2D eigenvalue weighted by atomic mass is 10.1. The molecule has 20 heavy (non-hydrogen) atoms. The molecule has 1 aliphatic rings. The van der Waals surface area contributed by atoms with Gasteiger partial charge in [-0.3, -0.25) is 4.79 Å². The van der Waals surface area contributed by atoms with Gasteiger partial charge in [0.15, 0.2) is 9.84 Å². The Kier molecular flexibility index (Phi) is 4.18. The molecule has 0 amide bonds. The van der Waals surface area contributed by atoms with Crippen molar-refractivity contribution < 1.29 is 18.3 Å². The Labute approximate surface area is 119 Å². The number of benzene rings is 1. The Balaban J connectivity index is 2.02. The minimum absolute atomic E-state index is 0.00162. The highest BCUT2D eigenvalue weighted by Crippen LogP contribution is 2.50. The van der Waals surface area contributed by atoms with E-state index in [4.69, 9.17) is 5.11 Å². The van der Waals surface area contributed by atoms with Crippen LogP contribution in [0.4, 0.5) is 0 Å². The number of aryl methyl sites for hydroxylation is 1. The van der Waals surface area contributed by atoms with Crippen LogP contribution in [0.2, 0.25) is 0 Å². The lowest BCUT2D eigenvalue weighted by Crippen LogP contribution is -2.21. The van der Waals surface area contributed by atoms with E-state index in [0.29, 0.717) is 12.8 Å². The molecule has 1 fully saturated rings. The van der Waals surface area contributed by atoms with Gasteiger partial charge < -0.3 is 5.11 Å². The van der Waals surface area contributed by atoms with E-state index in [0.717, 1.165) is 12.0 Å². The topological polar surface area (TPSA) is 71.4 Å². The van der Waals surface area contributed by atoms with Crippen LogP contribution in [-0.2, 0) is 26.8 Å². The number of carboxylic acids is 1. The van der Waals surface area contributed by atoms with Crippen LogP contribution in [0.25, 0.3) is 0 Å². The summed E-state index contributed by atoms with van der Waals surface area (Å²) in [4.78, 5) is 10.8. The van der Waals surface area contributed by atoms with Gasteiger partial charge in [-0.2, -0.15) is 0 Å². The summed E-state index contributed by atoms with van der Waals surface area (Å²) in [5.74, 6) is -0.926. The molecule has 5 heteroatoms. The van der Waals surface area contributed by atoms with Crippen LogP contribution in [0.5, 0.6) is 0 Å². The van der Waals surface area contributed by atoms with Crippen molar-refractivity contribution in [1.29, 1.82) is 0 Å². The van der Waals surface area contributed by atoms with E-state index in [2.05, 4.69) is 6.92 Å². The Hall–Kier alpha value is -1.36. The van der Waals surface area contributed by atoms with Gasteiger partial charge in [-0.15, -0.1) is 0 Å². The number of aliphatic carboxylic acids is 1. The van der Waals surface area contributed by atoms with Crippen molar-refractivity contribution in [2.75, 3.05) is 5.75 Å². The SMILES string of the molecule is CCc1ccc(CS(=O)(=O)CC2(CC(=O)O)CC2)cc1. The number of rotatable bonds is 7. The van der Waals surface area contributed by atoms with Crippen LogP contribution in [-0.4, -0.2) is 25.2 Å². The molecule has 1 saturated carbocycles. The Morgan fingerprint density at radius 1 is 1.20 bits per heavy atom. The van der Waals surface area contributed by atoms with Gasteiger partial charge in [0.2, 0.25) is 0 Å². The highest BCUT2D eigenvalue weighted by Gasteiger charge is 2.47. The zero-order chi connectivity index (χ0) is 14.8. The molecular weight excluding hydrogens is 276 g/mol. The predicted molar refractivity (Wildman–Crippen MR) is 77.2 cm³/mol. The molecule has 1 aromatic rings. The van der Waals surface area contributed by atoms with Crippen LogP contribution < -0.4 is 0 Å². The molecule has 0 aliphatic heterocycles. The molecule has 4 nitrogen and oxygen atoms in total. The van der Waals surface area contributed by atoms with Crippen molar-refractivity contribution in [3.63, 3.8) is 0 Å². The number of hydrogen-bond donors (Lipinski definition) is 1. The standard InChI is InChI=1S/C15H20O4S/c1-2-12-3-5-13(6-4-12)10-20(18,19)11-15(7-8-15)9-14(16)17/h3-6H,2,7-11H2,1H3,(H,16,17). The molecule has 0 unspecified atom stereocenters. The van der Waals surface area contributed by atoms with E-state index in [9.17, 15) is 13.2 Å². The van der Waals surface area contributed by atoms with E-state index in [1.165, 1.54) is 5.56 Å². The summed E-state index contributed by atoms with van der Waals surface area (Å²) in [6, 6.07) is 7.56. The van der Waals surface area contributed by atoms with Crippen LogP contribution in [0.15, 0.2) is 24.3 Å². The van der Waals surface area contributed by atoms with Gasteiger partial charge in [0, 0.05) is 0 Å². The van der Waals surface area contributed by atoms with Crippen LogP contribution in [0.3, 0.4) is 0 Å². The van der Waals surface area contributed by atoms with Crippen molar-refractivity contribution in [3.8, 4) is 0 Å². The monoisotopic (exact) mass is 296 g/mol. The van der Waals surface area contributed by atoms with Gasteiger partial charge in [0.1, 0.15) is 0 Å².